The number of aliphatic carboxylic acids is 1. The summed E-state index contributed by atoms with van der Waals surface area (Å²) in [7, 11) is 0. The zero-order valence-electron chi connectivity index (χ0n) is 9.46. The molecule has 6 nitrogen and oxygen atoms in total. The smallest absolute Gasteiger partial charge is 0.316 e. The number of benzene rings is 1. The van der Waals surface area contributed by atoms with E-state index >= 15 is 0 Å². The van der Waals surface area contributed by atoms with Crippen LogP contribution in [0.2, 0.25) is 0 Å². The van der Waals surface area contributed by atoms with Crippen LogP contribution in [0.25, 0.3) is 0 Å². The average molecular weight is 249 g/mol. The summed E-state index contributed by atoms with van der Waals surface area (Å²) in [5.74, 6) is -1.15. The molecule has 1 atom stereocenters. The summed E-state index contributed by atoms with van der Waals surface area (Å²) in [5.41, 5.74) is 0.646. The van der Waals surface area contributed by atoms with Crippen molar-refractivity contribution in [3.05, 3.63) is 18.2 Å². The number of rotatable bonds is 2. The van der Waals surface area contributed by atoms with E-state index < -0.39 is 11.9 Å². The minimum atomic E-state index is -1.07. The van der Waals surface area contributed by atoms with Crippen molar-refractivity contribution in [2.75, 3.05) is 18.2 Å². The van der Waals surface area contributed by atoms with Crippen molar-refractivity contribution in [3.63, 3.8) is 0 Å². The van der Waals surface area contributed by atoms with Gasteiger partial charge in [0.2, 0.25) is 12.7 Å². The molecule has 2 heterocycles. The van der Waals surface area contributed by atoms with Gasteiger partial charge in [0.05, 0.1) is 0 Å². The number of fused-ring (bicyclic) bond motifs is 1. The van der Waals surface area contributed by atoms with Gasteiger partial charge in [-0.05, 0) is 18.6 Å². The number of hydrogen-bond donors (Lipinski definition) is 1. The van der Waals surface area contributed by atoms with Gasteiger partial charge >= 0.3 is 5.97 Å². The number of hydrogen-bond acceptors (Lipinski definition) is 4. The molecule has 18 heavy (non-hydrogen) atoms. The molecule has 1 N–H and O–H groups in total. The van der Waals surface area contributed by atoms with E-state index in [1.165, 1.54) is 4.90 Å². The Hall–Kier alpha value is -2.24. The van der Waals surface area contributed by atoms with Crippen LogP contribution in [-0.4, -0.2) is 30.3 Å². The van der Waals surface area contributed by atoms with Gasteiger partial charge in [-0.3, -0.25) is 9.59 Å². The van der Waals surface area contributed by atoms with E-state index in [1.807, 2.05) is 0 Å². The average Bonchev–Trinajstić information content (AvgIpc) is 2.93. The third kappa shape index (κ3) is 1.57. The number of carbonyl (C=O) groups is 2. The van der Waals surface area contributed by atoms with Crippen LogP contribution in [-0.2, 0) is 9.59 Å². The molecule has 2 aliphatic rings. The van der Waals surface area contributed by atoms with Gasteiger partial charge < -0.3 is 19.5 Å². The maximum Gasteiger partial charge on any atom is 0.316 e. The first-order valence-electron chi connectivity index (χ1n) is 5.60. The Kier molecular flexibility index (Phi) is 2.36. The van der Waals surface area contributed by atoms with Crippen LogP contribution in [0.3, 0.4) is 0 Å². The number of nitrogens with zero attached hydrogens (tertiary/aromatic N) is 1. The summed E-state index contributed by atoms with van der Waals surface area (Å²) >= 11 is 0. The van der Waals surface area contributed by atoms with E-state index in [4.69, 9.17) is 14.6 Å². The van der Waals surface area contributed by atoms with Crippen LogP contribution >= 0.6 is 0 Å². The first-order chi connectivity index (χ1) is 8.66. The highest BCUT2D eigenvalue weighted by Crippen LogP contribution is 2.37. The van der Waals surface area contributed by atoms with Gasteiger partial charge in [0.1, 0.15) is 5.92 Å². The Bertz CT molecular complexity index is 527. The summed E-state index contributed by atoms with van der Waals surface area (Å²) in [6, 6.07) is 5.15. The highest BCUT2D eigenvalue weighted by Gasteiger charge is 2.37. The molecule has 1 saturated heterocycles. The Balaban J connectivity index is 1.88. The molecule has 3 rings (SSSR count). The second-order valence-electron chi connectivity index (χ2n) is 4.21. The lowest BCUT2D eigenvalue weighted by molar-refractivity contribution is -0.144. The van der Waals surface area contributed by atoms with Crippen molar-refractivity contribution in [3.8, 4) is 11.5 Å². The highest BCUT2D eigenvalue weighted by atomic mass is 16.7. The van der Waals surface area contributed by atoms with Gasteiger partial charge in [-0.15, -0.1) is 0 Å². The van der Waals surface area contributed by atoms with Crippen LogP contribution in [0.15, 0.2) is 18.2 Å². The van der Waals surface area contributed by atoms with Gasteiger partial charge in [0, 0.05) is 18.3 Å². The quantitative estimate of drug-likeness (QED) is 0.786. The lowest BCUT2D eigenvalue weighted by atomic mass is 10.1. The summed E-state index contributed by atoms with van der Waals surface area (Å²) in [5, 5.41) is 8.91. The van der Waals surface area contributed by atoms with Crippen LogP contribution < -0.4 is 14.4 Å². The van der Waals surface area contributed by atoms with Crippen LogP contribution in [0.4, 0.5) is 5.69 Å². The Morgan fingerprint density at radius 3 is 2.83 bits per heavy atom. The molecule has 0 saturated carbocycles. The minimum absolute atomic E-state index is 0.171. The first kappa shape index (κ1) is 10.9. The third-order valence-electron chi connectivity index (χ3n) is 3.17. The lowest BCUT2D eigenvalue weighted by Gasteiger charge is -2.16. The van der Waals surface area contributed by atoms with Crippen molar-refractivity contribution in [1.82, 2.24) is 0 Å². The fraction of sp³-hybridized carbons (Fsp3) is 0.333. The summed E-state index contributed by atoms with van der Waals surface area (Å²) < 4.78 is 10.4. The van der Waals surface area contributed by atoms with Gasteiger partial charge in [-0.2, -0.15) is 0 Å². The maximum atomic E-state index is 11.9. The number of carboxylic acids is 1. The molecular weight excluding hydrogens is 238 g/mol. The van der Waals surface area contributed by atoms with Crippen LogP contribution in [0.1, 0.15) is 6.42 Å². The predicted molar refractivity (Wildman–Crippen MR) is 60.7 cm³/mol. The molecule has 0 bridgehead atoms. The zero-order valence-corrected chi connectivity index (χ0v) is 9.46. The first-order valence-corrected chi connectivity index (χ1v) is 5.60. The van der Waals surface area contributed by atoms with Crippen LogP contribution in [0, 0.1) is 5.92 Å². The molecule has 0 radical (unpaired) electrons. The molecule has 1 aromatic rings. The second-order valence-corrected chi connectivity index (χ2v) is 4.21. The Morgan fingerprint density at radius 1 is 1.33 bits per heavy atom. The number of anilines is 1. The molecule has 0 spiro atoms. The van der Waals surface area contributed by atoms with Crippen molar-refractivity contribution in [2.45, 2.75) is 6.42 Å². The molecule has 1 aromatic carbocycles. The summed E-state index contributed by atoms with van der Waals surface area (Å²) in [6.07, 6.45) is 0.336. The minimum Gasteiger partial charge on any atom is -0.481 e. The Morgan fingerprint density at radius 2 is 2.11 bits per heavy atom. The fourth-order valence-corrected chi connectivity index (χ4v) is 2.22. The molecule has 2 aliphatic heterocycles. The van der Waals surface area contributed by atoms with E-state index in [9.17, 15) is 9.59 Å². The molecule has 1 amide bonds. The van der Waals surface area contributed by atoms with E-state index in [0.717, 1.165) is 0 Å². The van der Waals surface area contributed by atoms with Crippen LogP contribution in [0.5, 0.6) is 11.5 Å². The molecular formula is C12H11NO5. The number of carbonyl (C=O) groups excluding carboxylic acids is 1. The number of amides is 1. The SMILES string of the molecule is O=C(O)[C@@H]1CCN(c2ccc3c(c2)OCO3)C1=O. The van der Waals surface area contributed by atoms with E-state index in [1.54, 1.807) is 18.2 Å². The second kappa shape index (κ2) is 3.90. The van der Waals surface area contributed by atoms with E-state index in [0.29, 0.717) is 30.2 Å². The van der Waals surface area contributed by atoms with Crippen molar-refractivity contribution < 1.29 is 24.2 Å². The molecule has 6 heteroatoms. The van der Waals surface area contributed by atoms with Gasteiger partial charge in [-0.25, -0.2) is 0 Å². The largest absolute Gasteiger partial charge is 0.481 e. The Labute approximate surface area is 103 Å². The molecule has 1 fully saturated rings. The predicted octanol–water partition coefficient (Wildman–Crippen LogP) is 0.853. The number of ether oxygens (including phenoxy) is 2. The van der Waals surface area contributed by atoms with E-state index in [-0.39, 0.29) is 12.7 Å². The van der Waals surface area contributed by atoms with Crippen molar-refractivity contribution in [2.24, 2.45) is 5.92 Å². The molecule has 94 valence electrons. The number of carboxylic acid groups (broad SMARTS) is 1. The van der Waals surface area contributed by atoms with E-state index in [2.05, 4.69) is 0 Å². The van der Waals surface area contributed by atoms with Gasteiger partial charge in [-0.1, -0.05) is 0 Å². The van der Waals surface area contributed by atoms with Crippen molar-refractivity contribution >= 4 is 17.6 Å². The standard InChI is InChI=1S/C12H11NO5/c14-11-8(12(15)16)3-4-13(11)7-1-2-9-10(5-7)18-6-17-9/h1-2,5,8H,3-4,6H2,(H,15,16)/t8-/m1/s1. The van der Waals surface area contributed by atoms with Gasteiger partial charge in [0.25, 0.3) is 0 Å². The molecule has 0 aliphatic carbocycles. The monoisotopic (exact) mass is 249 g/mol. The summed E-state index contributed by atoms with van der Waals surface area (Å²) in [6.45, 7) is 0.583. The fourth-order valence-electron chi connectivity index (χ4n) is 2.22. The van der Waals surface area contributed by atoms with Gasteiger partial charge in [0.15, 0.2) is 11.5 Å². The lowest BCUT2D eigenvalue weighted by Crippen LogP contribution is -2.30. The molecule has 0 unspecified atom stereocenters. The zero-order chi connectivity index (χ0) is 12.7. The topological polar surface area (TPSA) is 76.1 Å². The highest BCUT2D eigenvalue weighted by molar-refractivity contribution is 6.07. The third-order valence-corrected chi connectivity index (χ3v) is 3.17. The van der Waals surface area contributed by atoms with Crippen molar-refractivity contribution in [1.29, 1.82) is 0 Å². The molecule has 0 aromatic heterocycles. The maximum absolute atomic E-state index is 11.9. The normalized spacial score (nSPS) is 21.4. The summed E-state index contributed by atoms with van der Waals surface area (Å²) in [4.78, 5) is 24.3.